The number of rotatable bonds is 10. The zero-order chi connectivity index (χ0) is 27.4. The van der Waals surface area contributed by atoms with Gasteiger partial charge in [-0.3, -0.25) is 9.59 Å². The normalized spacial score (nSPS) is 16.3. The van der Waals surface area contributed by atoms with E-state index in [9.17, 15) is 23.5 Å². The molecule has 0 saturated carbocycles. The standard InChI is InChI=1S/C31H33F2NO4/c1-20(2)23-11-7-22(8-12-23)16-31(3)17-25-15-21(9-13-27(25)38-31)10-14-28(35)34(19-29(36)37)18-24-5-4-6-26(32)30(24)33/h4-9,11-13,15,20H,10,14,16-19H2,1-3H3,(H,36,37). The van der Waals surface area contributed by atoms with Gasteiger partial charge >= 0.3 is 5.97 Å². The van der Waals surface area contributed by atoms with Gasteiger partial charge in [0.1, 0.15) is 17.9 Å². The zero-order valence-corrected chi connectivity index (χ0v) is 22.0. The summed E-state index contributed by atoms with van der Waals surface area (Å²) in [4.78, 5) is 25.2. The van der Waals surface area contributed by atoms with Gasteiger partial charge in [-0.1, -0.05) is 62.4 Å². The molecule has 7 heteroatoms. The number of hydrogen-bond acceptors (Lipinski definition) is 3. The SMILES string of the molecule is CC(C)c1ccc(CC2(C)Cc3cc(CCC(=O)N(CC(=O)O)Cc4cccc(F)c4F)ccc3O2)cc1. The maximum absolute atomic E-state index is 14.1. The molecule has 1 aliphatic heterocycles. The molecule has 3 aromatic rings. The topological polar surface area (TPSA) is 66.8 Å². The maximum atomic E-state index is 14.1. The number of aliphatic carboxylic acids is 1. The number of carbonyl (C=O) groups excluding carboxylic acids is 1. The lowest BCUT2D eigenvalue weighted by molar-refractivity contribution is -0.144. The van der Waals surface area contributed by atoms with Gasteiger partial charge in [0.05, 0.1) is 0 Å². The Morgan fingerprint density at radius 2 is 1.76 bits per heavy atom. The Balaban J connectivity index is 1.39. The van der Waals surface area contributed by atoms with E-state index in [0.717, 1.165) is 40.7 Å². The minimum atomic E-state index is -1.22. The Hall–Kier alpha value is -3.74. The van der Waals surface area contributed by atoms with Crippen LogP contribution in [0.3, 0.4) is 0 Å². The van der Waals surface area contributed by atoms with Crippen molar-refractivity contribution < 1.29 is 28.2 Å². The van der Waals surface area contributed by atoms with E-state index in [4.69, 9.17) is 4.74 Å². The molecule has 0 radical (unpaired) electrons. The van der Waals surface area contributed by atoms with Crippen LogP contribution in [0.15, 0.2) is 60.7 Å². The summed E-state index contributed by atoms with van der Waals surface area (Å²) in [5, 5.41) is 9.24. The highest BCUT2D eigenvalue weighted by Gasteiger charge is 2.35. The van der Waals surface area contributed by atoms with E-state index in [1.807, 2.05) is 18.2 Å². The van der Waals surface area contributed by atoms with Crippen LogP contribution < -0.4 is 4.74 Å². The van der Waals surface area contributed by atoms with Crippen molar-refractivity contribution in [1.29, 1.82) is 0 Å². The first-order valence-electron chi connectivity index (χ1n) is 12.8. The Morgan fingerprint density at radius 1 is 1.05 bits per heavy atom. The lowest BCUT2D eigenvalue weighted by Gasteiger charge is -2.24. The number of ether oxygens (including phenoxy) is 1. The van der Waals surface area contributed by atoms with Crippen molar-refractivity contribution in [3.05, 3.63) is 100 Å². The minimum absolute atomic E-state index is 0.0450. The van der Waals surface area contributed by atoms with Crippen LogP contribution in [-0.4, -0.2) is 34.0 Å². The molecule has 0 fully saturated rings. The van der Waals surface area contributed by atoms with Crippen LogP contribution in [-0.2, 0) is 35.4 Å². The Morgan fingerprint density at radius 3 is 2.45 bits per heavy atom. The highest BCUT2D eigenvalue weighted by atomic mass is 19.2. The van der Waals surface area contributed by atoms with Crippen LogP contribution >= 0.6 is 0 Å². The van der Waals surface area contributed by atoms with E-state index in [1.54, 1.807) is 0 Å². The molecule has 38 heavy (non-hydrogen) atoms. The molecule has 1 aliphatic rings. The second-order valence-corrected chi connectivity index (χ2v) is 10.6. The molecule has 1 heterocycles. The van der Waals surface area contributed by atoms with Crippen molar-refractivity contribution in [1.82, 2.24) is 4.90 Å². The van der Waals surface area contributed by atoms with Crippen LogP contribution in [0.2, 0.25) is 0 Å². The smallest absolute Gasteiger partial charge is 0.323 e. The van der Waals surface area contributed by atoms with Crippen LogP contribution in [0.4, 0.5) is 8.78 Å². The predicted octanol–water partition coefficient (Wildman–Crippen LogP) is 6.07. The van der Waals surface area contributed by atoms with Gasteiger partial charge in [-0.15, -0.1) is 0 Å². The number of hydrogen-bond donors (Lipinski definition) is 1. The molecule has 4 rings (SSSR count). The average molecular weight is 522 g/mol. The van der Waals surface area contributed by atoms with E-state index >= 15 is 0 Å². The summed E-state index contributed by atoms with van der Waals surface area (Å²) in [7, 11) is 0. The van der Waals surface area contributed by atoms with Gasteiger partial charge in [-0.2, -0.15) is 0 Å². The Kier molecular flexibility index (Phi) is 8.14. The molecule has 1 amide bonds. The van der Waals surface area contributed by atoms with Crippen molar-refractivity contribution >= 4 is 11.9 Å². The number of carboxylic acid groups (broad SMARTS) is 1. The van der Waals surface area contributed by atoms with Gasteiger partial charge in [0.25, 0.3) is 0 Å². The van der Waals surface area contributed by atoms with Gasteiger partial charge in [0.2, 0.25) is 5.91 Å². The van der Waals surface area contributed by atoms with Crippen LogP contribution in [0.5, 0.6) is 5.75 Å². The number of benzene rings is 3. The summed E-state index contributed by atoms with van der Waals surface area (Å²) < 4.78 is 34.0. The highest BCUT2D eigenvalue weighted by molar-refractivity contribution is 5.81. The van der Waals surface area contributed by atoms with Crippen molar-refractivity contribution in [3.63, 3.8) is 0 Å². The fraction of sp³-hybridized carbons (Fsp3) is 0.355. The molecule has 5 nitrogen and oxygen atoms in total. The van der Waals surface area contributed by atoms with E-state index in [0.29, 0.717) is 12.3 Å². The largest absolute Gasteiger partial charge is 0.487 e. The number of fused-ring (bicyclic) bond motifs is 1. The number of aryl methyl sites for hydroxylation is 1. The maximum Gasteiger partial charge on any atom is 0.323 e. The second kappa shape index (κ2) is 11.3. The number of nitrogens with zero attached hydrogens (tertiary/aromatic N) is 1. The van der Waals surface area contributed by atoms with Gasteiger partial charge in [0.15, 0.2) is 11.6 Å². The molecule has 0 saturated heterocycles. The number of carboxylic acids is 1. The zero-order valence-electron chi connectivity index (χ0n) is 22.0. The average Bonchev–Trinajstić information content (AvgIpc) is 3.19. The van der Waals surface area contributed by atoms with E-state index in [2.05, 4.69) is 45.0 Å². The minimum Gasteiger partial charge on any atom is -0.487 e. The lowest BCUT2D eigenvalue weighted by Crippen LogP contribution is -2.35. The van der Waals surface area contributed by atoms with Crippen LogP contribution in [0.1, 0.15) is 60.9 Å². The predicted molar refractivity (Wildman–Crippen MR) is 141 cm³/mol. The molecule has 1 N–H and O–H groups in total. The van der Waals surface area contributed by atoms with Crippen molar-refractivity contribution in [2.75, 3.05) is 6.54 Å². The van der Waals surface area contributed by atoms with Crippen LogP contribution in [0, 0.1) is 11.6 Å². The summed E-state index contributed by atoms with van der Waals surface area (Å²) >= 11 is 0. The second-order valence-electron chi connectivity index (χ2n) is 10.6. The molecular formula is C31H33F2NO4. The Bertz CT molecular complexity index is 1320. The number of halogens is 2. The quantitative estimate of drug-likeness (QED) is 0.352. The fourth-order valence-electron chi connectivity index (χ4n) is 4.96. The van der Waals surface area contributed by atoms with E-state index < -0.39 is 30.1 Å². The van der Waals surface area contributed by atoms with Gasteiger partial charge in [0, 0.05) is 31.4 Å². The number of carbonyl (C=O) groups is 2. The molecule has 0 aliphatic carbocycles. The monoisotopic (exact) mass is 521 g/mol. The number of amides is 1. The van der Waals surface area contributed by atoms with Crippen molar-refractivity contribution in [2.45, 2.75) is 64.5 Å². The third kappa shape index (κ3) is 6.57. The first kappa shape index (κ1) is 27.3. The Labute approximate surface area is 222 Å². The molecule has 0 bridgehead atoms. The van der Waals surface area contributed by atoms with Gasteiger partial charge < -0.3 is 14.7 Å². The first-order valence-corrected chi connectivity index (χ1v) is 12.8. The summed E-state index contributed by atoms with van der Waals surface area (Å²) in [6, 6.07) is 18.1. The van der Waals surface area contributed by atoms with Crippen molar-refractivity contribution in [2.24, 2.45) is 0 Å². The molecule has 1 unspecified atom stereocenters. The molecule has 0 aromatic heterocycles. The van der Waals surface area contributed by atoms with E-state index in [1.165, 1.54) is 23.3 Å². The molecule has 3 aromatic carbocycles. The lowest BCUT2D eigenvalue weighted by atomic mass is 9.90. The third-order valence-electron chi connectivity index (χ3n) is 6.97. The van der Waals surface area contributed by atoms with Crippen molar-refractivity contribution in [3.8, 4) is 5.75 Å². The molecule has 1 atom stereocenters. The van der Waals surface area contributed by atoms with E-state index in [-0.39, 0.29) is 24.1 Å². The van der Waals surface area contributed by atoms with Gasteiger partial charge in [-0.25, -0.2) is 8.78 Å². The highest BCUT2D eigenvalue weighted by Crippen LogP contribution is 2.38. The summed E-state index contributed by atoms with van der Waals surface area (Å²) in [5.41, 5.74) is 4.08. The van der Waals surface area contributed by atoms with Gasteiger partial charge in [-0.05, 0) is 53.6 Å². The first-order chi connectivity index (χ1) is 18.0. The summed E-state index contributed by atoms with van der Waals surface area (Å²) in [5.74, 6) is -2.46. The third-order valence-corrected chi connectivity index (χ3v) is 6.97. The fourth-order valence-corrected chi connectivity index (χ4v) is 4.96. The summed E-state index contributed by atoms with van der Waals surface area (Å²) in [6.45, 7) is 5.53. The summed E-state index contributed by atoms with van der Waals surface area (Å²) in [6.07, 6.45) is 1.94. The van der Waals surface area contributed by atoms with Crippen LogP contribution in [0.25, 0.3) is 0 Å². The molecular weight excluding hydrogens is 488 g/mol. The molecule has 0 spiro atoms. The molecule has 200 valence electrons.